The minimum absolute atomic E-state index is 0.0218. The van der Waals surface area contributed by atoms with E-state index in [1.54, 1.807) is 31.4 Å². The third-order valence-corrected chi connectivity index (χ3v) is 5.79. The van der Waals surface area contributed by atoms with Crippen LogP contribution in [0.1, 0.15) is 34.8 Å². The normalized spacial score (nSPS) is 15.5. The zero-order valence-electron chi connectivity index (χ0n) is 17.4. The number of benzene rings is 2. The maximum Gasteiger partial charge on any atom is 0.247 e. The molecule has 0 radical (unpaired) electrons. The highest BCUT2D eigenvalue weighted by Gasteiger charge is 2.32. The van der Waals surface area contributed by atoms with Gasteiger partial charge in [0.2, 0.25) is 5.91 Å². The van der Waals surface area contributed by atoms with E-state index in [0.717, 1.165) is 11.3 Å². The summed E-state index contributed by atoms with van der Waals surface area (Å²) >= 11 is 0. The van der Waals surface area contributed by atoms with E-state index in [4.69, 9.17) is 4.74 Å². The van der Waals surface area contributed by atoms with Gasteiger partial charge in [0.25, 0.3) is 0 Å². The molecule has 3 aromatic rings. The highest BCUT2D eigenvalue weighted by Crippen LogP contribution is 2.25. The Balaban J connectivity index is 1.41. The van der Waals surface area contributed by atoms with E-state index in [1.807, 2.05) is 35.2 Å². The molecule has 1 aliphatic rings. The number of carbonyl (C=O) groups is 2. The van der Waals surface area contributed by atoms with Gasteiger partial charge in [-0.25, -0.2) is 4.68 Å². The SMILES string of the molecule is COc1ccc(C(=O)C2CCN(C(=O)[C@H](Cc3ccccc3)n3cnnn3)CC2)cc1. The molecule has 0 N–H and O–H groups in total. The van der Waals surface area contributed by atoms with Crippen LogP contribution in [-0.4, -0.2) is 57.0 Å². The molecule has 160 valence electrons. The number of ketones is 1. The Morgan fingerprint density at radius 3 is 2.39 bits per heavy atom. The molecule has 1 aliphatic heterocycles. The first-order chi connectivity index (χ1) is 15.2. The molecule has 2 heterocycles. The number of Topliss-reactive ketones (excluding diaryl/α,β-unsaturated/α-hetero) is 1. The number of nitrogens with zero attached hydrogens (tertiary/aromatic N) is 5. The number of tetrazole rings is 1. The van der Waals surface area contributed by atoms with Gasteiger partial charge in [0.05, 0.1) is 7.11 Å². The zero-order chi connectivity index (χ0) is 21.6. The summed E-state index contributed by atoms with van der Waals surface area (Å²) in [6.45, 7) is 1.08. The molecule has 31 heavy (non-hydrogen) atoms. The Labute approximate surface area is 180 Å². The van der Waals surface area contributed by atoms with E-state index in [-0.39, 0.29) is 17.6 Å². The van der Waals surface area contributed by atoms with Gasteiger partial charge >= 0.3 is 0 Å². The second kappa shape index (κ2) is 9.51. The van der Waals surface area contributed by atoms with Crippen LogP contribution in [0.4, 0.5) is 0 Å². The van der Waals surface area contributed by atoms with Crippen molar-refractivity contribution in [2.45, 2.75) is 25.3 Å². The fourth-order valence-corrected chi connectivity index (χ4v) is 4.01. The van der Waals surface area contributed by atoms with Crippen molar-refractivity contribution in [2.24, 2.45) is 5.92 Å². The van der Waals surface area contributed by atoms with E-state index >= 15 is 0 Å². The Bertz CT molecular complexity index is 997. The van der Waals surface area contributed by atoms with Crippen molar-refractivity contribution in [3.63, 3.8) is 0 Å². The molecule has 2 aromatic carbocycles. The van der Waals surface area contributed by atoms with Crippen LogP contribution in [0.15, 0.2) is 60.9 Å². The molecular formula is C23H25N5O3. The summed E-state index contributed by atoms with van der Waals surface area (Å²) in [7, 11) is 1.60. The molecule has 8 heteroatoms. The first-order valence-corrected chi connectivity index (χ1v) is 10.4. The lowest BCUT2D eigenvalue weighted by molar-refractivity contribution is -0.136. The third kappa shape index (κ3) is 4.79. The smallest absolute Gasteiger partial charge is 0.247 e. The van der Waals surface area contributed by atoms with Gasteiger partial charge in [-0.05, 0) is 53.1 Å². The molecule has 0 aliphatic carbocycles. The van der Waals surface area contributed by atoms with Crippen molar-refractivity contribution >= 4 is 11.7 Å². The number of carbonyl (C=O) groups excluding carboxylic acids is 2. The number of ether oxygens (including phenoxy) is 1. The van der Waals surface area contributed by atoms with Crippen molar-refractivity contribution in [2.75, 3.05) is 20.2 Å². The predicted octanol–water partition coefficient (Wildman–Crippen LogP) is 2.59. The maximum absolute atomic E-state index is 13.3. The number of hydrogen-bond donors (Lipinski definition) is 0. The van der Waals surface area contributed by atoms with Crippen molar-refractivity contribution < 1.29 is 14.3 Å². The van der Waals surface area contributed by atoms with E-state index in [0.29, 0.717) is 37.9 Å². The summed E-state index contributed by atoms with van der Waals surface area (Å²) in [5.41, 5.74) is 1.72. The average molecular weight is 419 g/mol. The molecule has 1 aromatic heterocycles. The van der Waals surface area contributed by atoms with Crippen LogP contribution in [0.3, 0.4) is 0 Å². The number of methoxy groups -OCH3 is 1. The van der Waals surface area contributed by atoms with Gasteiger partial charge in [-0.2, -0.15) is 0 Å². The molecule has 0 spiro atoms. The lowest BCUT2D eigenvalue weighted by Crippen LogP contribution is -2.44. The molecule has 4 rings (SSSR count). The van der Waals surface area contributed by atoms with E-state index < -0.39 is 6.04 Å². The molecule has 1 fully saturated rings. The minimum Gasteiger partial charge on any atom is -0.497 e. The van der Waals surface area contributed by atoms with E-state index in [9.17, 15) is 9.59 Å². The van der Waals surface area contributed by atoms with Crippen molar-refractivity contribution in [1.29, 1.82) is 0 Å². The molecule has 0 bridgehead atoms. The van der Waals surface area contributed by atoms with Crippen LogP contribution in [0.5, 0.6) is 5.75 Å². The summed E-state index contributed by atoms with van der Waals surface area (Å²) in [5.74, 6) is 0.740. The quantitative estimate of drug-likeness (QED) is 0.547. The van der Waals surface area contributed by atoms with Crippen LogP contribution in [0, 0.1) is 5.92 Å². The zero-order valence-corrected chi connectivity index (χ0v) is 17.4. The second-order valence-corrected chi connectivity index (χ2v) is 7.69. The lowest BCUT2D eigenvalue weighted by Gasteiger charge is -2.33. The molecule has 1 saturated heterocycles. The fraction of sp³-hybridized carbons (Fsp3) is 0.348. The van der Waals surface area contributed by atoms with Gasteiger partial charge in [-0.3, -0.25) is 9.59 Å². The molecule has 1 atom stereocenters. The standard InChI is InChI=1S/C23H25N5O3/c1-31-20-9-7-18(8-10-20)22(29)19-11-13-27(14-12-19)23(30)21(28-16-24-25-26-28)15-17-5-3-2-4-6-17/h2-10,16,19,21H,11-15H2,1H3/t21-/m0/s1. The summed E-state index contributed by atoms with van der Waals surface area (Å²) in [6, 6.07) is 16.5. The largest absolute Gasteiger partial charge is 0.497 e. The highest BCUT2D eigenvalue weighted by atomic mass is 16.5. The number of likely N-dealkylation sites (tertiary alicyclic amines) is 1. The van der Waals surface area contributed by atoms with Gasteiger partial charge in [-0.15, -0.1) is 5.10 Å². The first kappa shape index (κ1) is 20.7. The third-order valence-electron chi connectivity index (χ3n) is 5.79. The topological polar surface area (TPSA) is 90.2 Å². The summed E-state index contributed by atoms with van der Waals surface area (Å²) < 4.78 is 6.68. The van der Waals surface area contributed by atoms with Crippen molar-refractivity contribution in [1.82, 2.24) is 25.1 Å². The summed E-state index contributed by atoms with van der Waals surface area (Å²) in [5, 5.41) is 11.4. The number of piperidine rings is 1. The van der Waals surface area contributed by atoms with Crippen LogP contribution in [0.2, 0.25) is 0 Å². The molecule has 0 saturated carbocycles. The van der Waals surface area contributed by atoms with E-state index in [1.165, 1.54) is 11.0 Å². The Kier molecular flexibility index (Phi) is 6.35. The first-order valence-electron chi connectivity index (χ1n) is 10.4. The highest BCUT2D eigenvalue weighted by molar-refractivity contribution is 5.98. The monoisotopic (exact) mass is 419 g/mol. The number of rotatable bonds is 7. The number of hydrogen-bond acceptors (Lipinski definition) is 6. The van der Waals surface area contributed by atoms with Gasteiger partial charge in [0.15, 0.2) is 5.78 Å². The second-order valence-electron chi connectivity index (χ2n) is 7.69. The van der Waals surface area contributed by atoms with Gasteiger partial charge in [-0.1, -0.05) is 30.3 Å². The van der Waals surface area contributed by atoms with Crippen LogP contribution < -0.4 is 4.74 Å². The predicted molar refractivity (Wildman–Crippen MR) is 114 cm³/mol. The maximum atomic E-state index is 13.3. The van der Waals surface area contributed by atoms with Gasteiger partial charge in [0.1, 0.15) is 18.1 Å². The van der Waals surface area contributed by atoms with E-state index in [2.05, 4.69) is 15.5 Å². The fourth-order valence-electron chi connectivity index (χ4n) is 4.01. The lowest BCUT2D eigenvalue weighted by atomic mass is 9.88. The minimum atomic E-state index is -0.508. The molecular weight excluding hydrogens is 394 g/mol. The van der Waals surface area contributed by atoms with Crippen LogP contribution in [0.25, 0.3) is 0 Å². The Hall–Kier alpha value is -3.55. The van der Waals surface area contributed by atoms with Crippen molar-refractivity contribution in [3.8, 4) is 5.75 Å². The van der Waals surface area contributed by atoms with Gasteiger partial charge in [0, 0.05) is 31.0 Å². The van der Waals surface area contributed by atoms with Crippen LogP contribution in [-0.2, 0) is 11.2 Å². The molecule has 8 nitrogen and oxygen atoms in total. The summed E-state index contributed by atoms with van der Waals surface area (Å²) in [6.07, 6.45) is 3.27. The molecule has 1 amide bonds. The van der Waals surface area contributed by atoms with Crippen LogP contribution >= 0.6 is 0 Å². The Morgan fingerprint density at radius 1 is 1.06 bits per heavy atom. The average Bonchev–Trinajstić information content (AvgIpc) is 3.37. The Morgan fingerprint density at radius 2 is 1.77 bits per heavy atom. The number of aromatic nitrogens is 4. The van der Waals surface area contributed by atoms with Crippen molar-refractivity contribution in [3.05, 3.63) is 72.1 Å². The summed E-state index contributed by atoms with van der Waals surface area (Å²) in [4.78, 5) is 28.0. The van der Waals surface area contributed by atoms with Gasteiger partial charge < -0.3 is 9.64 Å². The molecule has 0 unspecified atom stereocenters. The number of amides is 1.